The zero-order chi connectivity index (χ0) is 16.3. The zero-order valence-corrected chi connectivity index (χ0v) is 14.6. The smallest absolute Gasteiger partial charge is 0.214 e. The maximum Gasteiger partial charge on any atom is 0.214 e. The SMILES string of the molecule is CCCS(=O)(=O)N1CCOCC2(CCN(Cc3ccco3)C2)C1. The first-order valence-electron chi connectivity index (χ1n) is 8.33. The predicted octanol–water partition coefficient (Wildman–Crippen LogP) is 1.54. The summed E-state index contributed by atoms with van der Waals surface area (Å²) in [5, 5.41) is 0. The third-order valence-electron chi connectivity index (χ3n) is 4.74. The standard InChI is InChI=1S/C16H26N2O4S/c1-2-10-23(19,20)18-7-9-21-14-16(13-18)5-6-17(12-16)11-15-4-3-8-22-15/h3-4,8H,2,5-7,9-14H2,1H3. The Labute approximate surface area is 138 Å². The lowest BCUT2D eigenvalue weighted by Crippen LogP contribution is -2.44. The van der Waals surface area contributed by atoms with Crippen LogP contribution in [0.15, 0.2) is 22.8 Å². The Morgan fingerprint density at radius 3 is 2.91 bits per heavy atom. The van der Waals surface area contributed by atoms with Crippen molar-refractivity contribution < 1.29 is 17.6 Å². The Kier molecular flexibility index (Phi) is 5.10. The summed E-state index contributed by atoms with van der Waals surface area (Å²) in [6.45, 7) is 6.66. The summed E-state index contributed by atoms with van der Waals surface area (Å²) in [5.41, 5.74) is -0.0933. The van der Waals surface area contributed by atoms with Gasteiger partial charge in [0.15, 0.2) is 0 Å². The van der Waals surface area contributed by atoms with E-state index >= 15 is 0 Å². The second-order valence-corrected chi connectivity index (χ2v) is 8.83. The molecule has 0 bridgehead atoms. The minimum Gasteiger partial charge on any atom is -0.468 e. The molecule has 2 aliphatic rings. The molecule has 0 saturated carbocycles. The maximum atomic E-state index is 12.5. The zero-order valence-electron chi connectivity index (χ0n) is 13.7. The number of hydrogen-bond acceptors (Lipinski definition) is 5. The Bertz CT molecular complexity index is 602. The van der Waals surface area contributed by atoms with Gasteiger partial charge in [-0.05, 0) is 31.5 Å². The molecule has 23 heavy (non-hydrogen) atoms. The summed E-state index contributed by atoms with van der Waals surface area (Å²) < 4.78 is 37.8. The summed E-state index contributed by atoms with van der Waals surface area (Å²) in [6, 6.07) is 3.88. The molecule has 1 aromatic rings. The molecule has 3 heterocycles. The Morgan fingerprint density at radius 2 is 2.17 bits per heavy atom. The number of hydrogen-bond donors (Lipinski definition) is 0. The number of nitrogens with zero attached hydrogens (tertiary/aromatic N) is 2. The topological polar surface area (TPSA) is 63.0 Å². The van der Waals surface area contributed by atoms with Crippen molar-refractivity contribution in [1.82, 2.24) is 9.21 Å². The summed E-state index contributed by atoms with van der Waals surface area (Å²) in [4.78, 5) is 2.33. The molecule has 1 spiro atoms. The molecule has 0 aromatic carbocycles. The molecule has 130 valence electrons. The van der Waals surface area contributed by atoms with Crippen molar-refractivity contribution in [2.45, 2.75) is 26.3 Å². The van der Waals surface area contributed by atoms with Crippen molar-refractivity contribution in [3.8, 4) is 0 Å². The molecule has 2 saturated heterocycles. The normalized spacial score (nSPS) is 27.5. The highest BCUT2D eigenvalue weighted by molar-refractivity contribution is 7.89. The van der Waals surface area contributed by atoms with Gasteiger partial charge >= 0.3 is 0 Å². The number of likely N-dealkylation sites (tertiary alicyclic amines) is 1. The molecule has 1 unspecified atom stereocenters. The van der Waals surface area contributed by atoms with Crippen LogP contribution < -0.4 is 0 Å². The molecule has 3 rings (SSSR count). The van der Waals surface area contributed by atoms with E-state index in [0.717, 1.165) is 31.8 Å². The van der Waals surface area contributed by atoms with Gasteiger partial charge in [-0.15, -0.1) is 0 Å². The van der Waals surface area contributed by atoms with Crippen LogP contribution in [0.25, 0.3) is 0 Å². The largest absolute Gasteiger partial charge is 0.468 e. The van der Waals surface area contributed by atoms with Gasteiger partial charge in [0.1, 0.15) is 5.76 Å². The highest BCUT2D eigenvalue weighted by Gasteiger charge is 2.43. The van der Waals surface area contributed by atoms with Gasteiger partial charge in [0.25, 0.3) is 0 Å². The molecular weight excluding hydrogens is 316 g/mol. The van der Waals surface area contributed by atoms with E-state index in [1.807, 2.05) is 19.1 Å². The predicted molar refractivity (Wildman–Crippen MR) is 87.5 cm³/mol. The van der Waals surface area contributed by atoms with Crippen LogP contribution in [0, 0.1) is 5.41 Å². The van der Waals surface area contributed by atoms with Crippen molar-refractivity contribution >= 4 is 10.0 Å². The van der Waals surface area contributed by atoms with E-state index in [0.29, 0.717) is 32.7 Å². The molecule has 0 N–H and O–H groups in total. The first-order valence-corrected chi connectivity index (χ1v) is 9.94. The van der Waals surface area contributed by atoms with E-state index in [-0.39, 0.29) is 11.2 Å². The van der Waals surface area contributed by atoms with Crippen molar-refractivity contribution in [2.24, 2.45) is 5.41 Å². The molecular formula is C16H26N2O4S. The highest BCUT2D eigenvalue weighted by Crippen LogP contribution is 2.35. The Balaban J connectivity index is 1.68. The minimum absolute atomic E-state index is 0.0933. The fourth-order valence-electron chi connectivity index (χ4n) is 3.61. The van der Waals surface area contributed by atoms with Crippen LogP contribution in [0.2, 0.25) is 0 Å². The Hall–Kier alpha value is -0.890. The van der Waals surface area contributed by atoms with E-state index in [1.165, 1.54) is 0 Å². The highest BCUT2D eigenvalue weighted by atomic mass is 32.2. The molecule has 1 atom stereocenters. The summed E-state index contributed by atoms with van der Waals surface area (Å²) in [6.07, 6.45) is 3.30. The van der Waals surface area contributed by atoms with Crippen LogP contribution in [-0.4, -0.2) is 62.8 Å². The molecule has 7 heteroatoms. The van der Waals surface area contributed by atoms with Gasteiger partial charge in [-0.2, -0.15) is 4.31 Å². The molecule has 6 nitrogen and oxygen atoms in total. The van der Waals surface area contributed by atoms with Gasteiger partial charge in [0.2, 0.25) is 10.0 Å². The first-order chi connectivity index (χ1) is 11.0. The number of rotatable bonds is 5. The quantitative estimate of drug-likeness (QED) is 0.812. The molecule has 0 radical (unpaired) electrons. The number of furan rings is 1. The fourth-order valence-corrected chi connectivity index (χ4v) is 5.21. The van der Waals surface area contributed by atoms with E-state index in [4.69, 9.17) is 9.15 Å². The average Bonchev–Trinajstić information content (AvgIpc) is 3.07. The molecule has 0 aliphatic carbocycles. The first kappa shape index (κ1) is 17.0. The summed E-state index contributed by atoms with van der Waals surface area (Å²) in [7, 11) is -3.17. The van der Waals surface area contributed by atoms with Crippen LogP contribution in [0.5, 0.6) is 0 Å². The molecule has 2 fully saturated rings. The lowest BCUT2D eigenvalue weighted by atomic mass is 9.88. The van der Waals surface area contributed by atoms with E-state index in [1.54, 1.807) is 10.6 Å². The van der Waals surface area contributed by atoms with Crippen molar-refractivity contribution in [3.63, 3.8) is 0 Å². The van der Waals surface area contributed by atoms with Gasteiger partial charge in [-0.1, -0.05) is 6.92 Å². The third-order valence-corrected chi connectivity index (χ3v) is 6.76. The van der Waals surface area contributed by atoms with Gasteiger partial charge in [-0.3, -0.25) is 4.90 Å². The van der Waals surface area contributed by atoms with Crippen LogP contribution in [0.1, 0.15) is 25.5 Å². The van der Waals surface area contributed by atoms with E-state index < -0.39 is 10.0 Å². The fraction of sp³-hybridized carbons (Fsp3) is 0.750. The summed E-state index contributed by atoms with van der Waals surface area (Å²) in [5.74, 6) is 1.17. The molecule has 2 aliphatic heterocycles. The van der Waals surface area contributed by atoms with Crippen molar-refractivity contribution in [1.29, 1.82) is 0 Å². The van der Waals surface area contributed by atoms with Gasteiger partial charge in [-0.25, -0.2) is 8.42 Å². The second-order valence-electron chi connectivity index (χ2n) is 6.74. The minimum atomic E-state index is -3.17. The van der Waals surface area contributed by atoms with E-state index in [2.05, 4.69) is 4.90 Å². The second kappa shape index (κ2) is 6.93. The number of sulfonamides is 1. The average molecular weight is 342 g/mol. The van der Waals surface area contributed by atoms with Gasteiger partial charge in [0, 0.05) is 25.0 Å². The van der Waals surface area contributed by atoms with E-state index in [9.17, 15) is 8.42 Å². The van der Waals surface area contributed by atoms with Gasteiger partial charge < -0.3 is 9.15 Å². The third kappa shape index (κ3) is 3.96. The monoisotopic (exact) mass is 342 g/mol. The van der Waals surface area contributed by atoms with Crippen LogP contribution in [0.3, 0.4) is 0 Å². The van der Waals surface area contributed by atoms with Crippen LogP contribution >= 0.6 is 0 Å². The summed E-state index contributed by atoms with van der Waals surface area (Å²) >= 11 is 0. The lowest BCUT2D eigenvalue weighted by Gasteiger charge is -2.31. The molecule has 1 aromatic heterocycles. The van der Waals surface area contributed by atoms with Crippen LogP contribution in [-0.2, 0) is 21.3 Å². The maximum absolute atomic E-state index is 12.5. The lowest BCUT2D eigenvalue weighted by molar-refractivity contribution is 0.0716. The van der Waals surface area contributed by atoms with Crippen LogP contribution in [0.4, 0.5) is 0 Å². The van der Waals surface area contributed by atoms with Gasteiger partial charge in [0.05, 0.1) is 31.8 Å². The number of ether oxygens (including phenoxy) is 1. The van der Waals surface area contributed by atoms with Crippen molar-refractivity contribution in [2.75, 3.05) is 45.1 Å². The van der Waals surface area contributed by atoms with Crippen molar-refractivity contribution in [3.05, 3.63) is 24.2 Å². The Morgan fingerprint density at radius 1 is 1.30 bits per heavy atom. The molecule has 0 amide bonds.